The van der Waals surface area contributed by atoms with Crippen molar-refractivity contribution >= 4 is 0 Å². The van der Waals surface area contributed by atoms with Crippen LogP contribution in [0.25, 0.3) is 0 Å². The molecule has 2 atom stereocenters. The molecule has 18 heavy (non-hydrogen) atoms. The lowest BCUT2D eigenvalue weighted by molar-refractivity contribution is 0.221. The number of nitrogens with zero attached hydrogens (tertiary/aromatic N) is 1. The van der Waals surface area contributed by atoms with Crippen LogP contribution in [-0.4, -0.2) is 30.6 Å². The highest BCUT2D eigenvalue weighted by Gasteiger charge is 2.26. The summed E-state index contributed by atoms with van der Waals surface area (Å²) in [5, 5.41) is 0. The summed E-state index contributed by atoms with van der Waals surface area (Å²) in [5.74, 6) is 0.226. The summed E-state index contributed by atoms with van der Waals surface area (Å²) >= 11 is 0. The highest BCUT2D eigenvalue weighted by Crippen LogP contribution is 2.26. The lowest BCUT2D eigenvalue weighted by Crippen LogP contribution is -2.42. The first-order valence-corrected chi connectivity index (χ1v) is 6.83. The van der Waals surface area contributed by atoms with Gasteiger partial charge in [0.05, 0.1) is 0 Å². The average Bonchev–Trinajstić information content (AvgIpc) is 2.87. The molecule has 2 nitrogen and oxygen atoms in total. The number of likely N-dealkylation sites (tertiary alicyclic amines) is 1. The third-order valence-electron chi connectivity index (χ3n) is 4.14. The number of hydrogen-bond acceptors (Lipinski definition) is 2. The first kappa shape index (κ1) is 13.5. The SMILES string of the molecule is Cc1cc(C(C)C(CN)N2CCCC2)ccc1F. The Hall–Kier alpha value is -0.930. The Labute approximate surface area is 109 Å². The maximum atomic E-state index is 13.3. The van der Waals surface area contributed by atoms with E-state index in [4.69, 9.17) is 5.73 Å². The van der Waals surface area contributed by atoms with Gasteiger partial charge >= 0.3 is 0 Å². The minimum atomic E-state index is -0.128. The van der Waals surface area contributed by atoms with E-state index in [-0.39, 0.29) is 5.82 Å². The molecule has 1 aliphatic heterocycles. The second kappa shape index (κ2) is 5.81. The Balaban J connectivity index is 2.16. The molecule has 1 aromatic rings. The maximum absolute atomic E-state index is 13.3. The lowest BCUT2D eigenvalue weighted by Gasteiger charge is -2.32. The maximum Gasteiger partial charge on any atom is 0.126 e. The van der Waals surface area contributed by atoms with Gasteiger partial charge in [0.2, 0.25) is 0 Å². The van der Waals surface area contributed by atoms with Crippen molar-refractivity contribution in [2.75, 3.05) is 19.6 Å². The molecule has 1 heterocycles. The third-order valence-corrected chi connectivity index (χ3v) is 4.14. The van der Waals surface area contributed by atoms with Crippen LogP contribution in [0.1, 0.15) is 36.8 Å². The minimum Gasteiger partial charge on any atom is -0.329 e. The zero-order valence-electron chi connectivity index (χ0n) is 11.3. The molecule has 1 saturated heterocycles. The van der Waals surface area contributed by atoms with Crippen LogP contribution in [-0.2, 0) is 0 Å². The van der Waals surface area contributed by atoms with Crippen LogP contribution in [0.3, 0.4) is 0 Å². The Morgan fingerprint density at radius 2 is 2.00 bits per heavy atom. The molecular weight excluding hydrogens is 227 g/mol. The highest BCUT2D eigenvalue weighted by molar-refractivity contribution is 5.27. The molecule has 0 amide bonds. The van der Waals surface area contributed by atoms with E-state index in [2.05, 4.69) is 11.8 Å². The summed E-state index contributed by atoms with van der Waals surface area (Å²) in [6.07, 6.45) is 2.54. The topological polar surface area (TPSA) is 29.3 Å². The summed E-state index contributed by atoms with van der Waals surface area (Å²) in [6, 6.07) is 5.79. The van der Waals surface area contributed by atoms with Crippen molar-refractivity contribution < 1.29 is 4.39 Å². The molecule has 0 aliphatic carbocycles. The summed E-state index contributed by atoms with van der Waals surface area (Å²) in [4.78, 5) is 2.48. The zero-order valence-corrected chi connectivity index (χ0v) is 11.3. The first-order valence-electron chi connectivity index (χ1n) is 6.83. The Kier molecular flexibility index (Phi) is 4.36. The van der Waals surface area contributed by atoms with Gasteiger partial charge in [0.1, 0.15) is 5.82 Å². The molecular formula is C15H23FN2. The quantitative estimate of drug-likeness (QED) is 0.890. The number of halogens is 1. The Bertz CT molecular complexity index is 399. The average molecular weight is 250 g/mol. The Morgan fingerprint density at radius 1 is 1.33 bits per heavy atom. The number of hydrogen-bond donors (Lipinski definition) is 1. The second-order valence-electron chi connectivity index (χ2n) is 5.34. The van der Waals surface area contributed by atoms with Crippen molar-refractivity contribution in [1.29, 1.82) is 0 Å². The molecule has 2 unspecified atom stereocenters. The van der Waals surface area contributed by atoms with Gasteiger partial charge in [-0.15, -0.1) is 0 Å². The van der Waals surface area contributed by atoms with Gasteiger partial charge in [0, 0.05) is 12.6 Å². The van der Waals surface area contributed by atoms with E-state index >= 15 is 0 Å². The van der Waals surface area contributed by atoms with Crippen LogP contribution in [0.5, 0.6) is 0 Å². The second-order valence-corrected chi connectivity index (χ2v) is 5.34. The molecule has 2 rings (SSSR count). The van der Waals surface area contributed by atoms with Gasteiger partial charge in [-0.2, -0.15) is 0 Å². The third kappa shape index (κ3) is 2.73. The fourth-order valence-corrected chi connectivity index (χ4v) is 2.92. The lowest BCUT2D eigenvalue weighted by atomic mass is 9.91. The van der Waals surface area contributed by atoms with Crippen molar-refractivity contribution in [1.82, 2.24) is 4.90 Å². The van der Waals surface area contributed by atoms with Gasteiger partial charge in [0.15, 0.2) is 0 Å². The number of rotatable bonds is 4. The number of benzene rings is 1. The molecule has 0 bridgehead atoms. The monoisotopic (exact) mass is 250 g/mol. The van der Waals surface area contributed by atoms with Crippen LogP contribution in [0.2, 0.25) is 0 Å². The molecule has 0 radical (unpaired) electrons. The largest absolute Gasteiger partial charge is 0.329 e. The molecule has 0 aromatic heterocycles. The zero-order chi connectivity index (χ0) is 13.1. The molecule has 100 valence electrons. The molecule has 0 spiro atoms. The minimum absolute atomic E-state index is 0.128. The molecule has 1 fully saturated rings. The first-order chi connectivity index (χ1) is 8.63. The van der Waals surface area contributed by atoms with E-state index in [0.29, 0.717) is 18.5 Å². The fourth-order valence-electron chi connectivity index (χ4n) is 2.92. The Morgan fingerprint density at radius 3 is 2.56 bits per heavy atom. The number of nitrogens with two attached hydrogens (primary N) is 1. The van der Waals surface area contributed by atoms with E-state index in [1.165, 1.54) is 18.4 Å². The molecule has 3 heteroatoms. The van der Waals surface area contributed by atoms with Crippen molar-refractivity contribution in [2.24, 2.45) is 5.73 Å². The van der Waals surface area contributed by atoms with Crippen LogP contribution >= 0.6 is 0 Å². The van der Waals surface area contributed by atoms with Crippen LogP contribution < -0.4 is 5.73 Å². The van der Waals surface area contributed by atoms with Crippen molar-refractivity contribution in [3.05, 3.63) is 35.1 Å². The summed E-state index contributed by atoms with van der Waals surface area (Å²) in [7, 11) is 0. The van der Waals surface area contributed by atoms with Crippen LogP contribution in [0.4, 0.5) is 4.39 Å². The van der Waals surface area contributed by atoms with E-state index in [0.717, 1.165) is 18.7 Å². The van der Waals surface area contributed by atoms with E-state index in [1.807, 2.05) is 19.1 Å². The van der Waals surface area contributed by atoms with Crippen LogP contribution in [0, 0.1) is 12.7 Å². The van der Waals surface area contributed by atoms with Gasteiger partial charge in [0.25, 0.3) is 0 Å². The fraction of sp³-hybridized carbons (Fsp3) is 0.600. The molecule has 1 aromatic carbocycles. The molecule has 0 saturated carbocycles. The van der Waals surface area contributed by atoms with Crippen molar-refractivity contribution in [2.45, 2.75) is 38.6 Å². The number of aryl methyl sites for hydroxylation is 1. The molecule has 2 N–H and O–H groups in total. The van der Waals surface area contributed by atoms with Crippen molar-refractivity contribution in [3.63, 3.8) is 0 Å². The summed E-state index contributed by atoms with van der Waals surface area (Å²) in [5.41, 5.74) is 7.85. The normalized spacial score (nSPS) is 20.0. The van der Waals surface area contributed by atoms with Gasteiger partial charge in [-0.3, -0.25) is 4.90 Å². The van der Waals surface area contributed by atoms with Gasteiger partial charge < -0.3 is 5.73 Å². The van der Waals surface area contributed by atoms with Gasteiger partial charge in [-0.1, -0.05) is 19.1 Å². The molecule has 1 aliphatic rings. The van der Waals surface area contributed by atoms with E-state index in [9.17, 15) is 4.39 Å². The predicted octanol–water partition coefficient (Wildman–Crippen LogP) is 2.66. The smallest absolute Gasteiger partial charge is 0.126 e. The van der Waals surface area contributed by atoms with E-state index in [1.54, 1.807) is 6.07 Å². The van der Waals surface area contributed by atoms with Crippen LogP contribution in [0.15, 0.2) is 18.2 Å². The summed E-state index contributed by atoms with van der Waals surface area (Å²) in [6.45, 7) is 6.97. The van der Waals surface area contributed by atoms with E-state index < -0.39 is 0 Å². The highest BCUT2D eigenvalue weighted by atomic mass is 19.1. The summed E-state index contributed by atoms with van der Waals surface area (Å²) < 4.78 is 13.3. The van der Waals surface area contributed by atoms with Gasteiger partial charge in [-0.05, 0) is 56.0 Å². The van der Waals surface area contributed by atoms with Crippen molar-refractivity contribution in [3.8, 4) is 0 Å². The van der Waals surface area contributed by atoms with Gasteiger partial charge in [-0.25, -0.2) is 4.39 Å². The predicted molar refractivity (Wildman–Crippen MR) is 73.2 cm³/mol. The standard InChI is InChI=1S/C15H23FN2/c1-11-9-13(5-6-14(11)16)12(2)15(10-17)18-7-3-4-8-18/h5-6,9,12,15H,3-4,7-8,10,17H2,1-2H3.